The van der Waals surface area contributed by atoms with Crippen LogP contribution in [-0.2, 0) is 9.59 Å². The van der Waals surface area contributed by atoms with E-state index in [-0.39, 0.29) is 40.4 Å². The molecule has 0 radical (unpaired) electrons. The second-order valence-electron chi connectivity index (χ2n) is 8.30. The maximum atomic E-state index is 12.5. The molecule has 3 nitrogen and oxygen atoms in total. The summed E-state index contributed by atoms with van der Waals surface area (Å²) in [6, 6.07) is -0.190. The van der Waals surface area contributed by atoms with Crippen molar-refractivity contribution in [3.8, 4) is 0 Å². The molecule has 0 saturated carbocycles. The smallest absolute Gasteiger partial charge is 0.150 e. The number of carbonyl (C=O) groups excluding carboxylic acids is 2. The molecule has 0 saturated heterocycles. The average molecular weight is 283 g/mol. The van der Waals surface area contributed by atoms with Crippen molar-refractivity contribution in [1.82, 2.24) is 5.32 Å². The lowest BCUT2D eigenvalue weighted by Gasteiger charge is -2.31. The fourth-order valence-electron chi connectivity index (χ4n) is 2.35. The summed E-state index contributed by atoms with van der Waals surface area (Å²) in [6.45, 7) is 17.8. The molecule has 20 heavy (non-hydrogen) atoms. The van der Waals surface area contributed by atoms with E-state index in [9.17, 15) is 9.59 Å². The first-order valence-electron chi connectivity index (χ1n) is 7.60. The predicted molar refractivity (Wildman–Crippen MR) is 84.8 cm³/mol. The Balaban J connectivity index is 4.83. The van der Waals surface area contributed by atoms with Crippen LogP contribution in [0.25, 0.3) is 0 Å². The third-order valence-electron chi connectivity index (χ3n) is 3.30. The van der Waals surface area contributed by atoms with Gasteiger partial charge in [0.05, 0.1) is 6.04 Å². The van der Waals surface area contributed by atoms with E-state index in [0.717, 1.165) is 0 Å². The van der Waals surface area contributed by atoms with Crippen molar-refractivity contribution >= 4 is 11.6 Å². The van der Waals surface area contributed by atoms with Crippen LogP contribution in [0, 0.1) is 17.3 Å². The highest BCUT2D eigenvalue weighted by atomic mass is 16.1. The Labute approximate surface area is 124 Å². The zero-order valence-electron chi connectivity index (χ0n) is 14.8. The van der Waals surface area contributed by atoms with E-state index < -0.39 is 0 Å². The standard InChI is InChI=1S/C17H33NO2/c1-11(2)14(18-17(7,8)9)13(19)10-12(3)15(20)16(4,5)6/h11-12,14,18H,10H2,1-9H3/t12-,14+/m1/s1. The maximum Gasteiger partial charge on any atom is 0.150 e. The van der Waals surface area contributed by atoms with E-state index in [1.165, 1.54) is 0 Å². The SMILES string of the molecule is CC(C)[C@H](NC(C)(C)C)C(=O)C[C@@H](C)C(=O)C(C)(C)C. The summed E-state index contributed by atoms with van der Waals surface area (Å²) in [5.74, 6) is 0.299. The van der Waals surface area contributed by atoms with Gasteiger partial charge < -0.3 is 5.32 Å². The number of Topliss-reactive ketones (excluding diaryl/α,β-unsaturated/α-hetero) is 2. The van der Waals surface area contributed by atoms with Gasteiger partial charge in [0.15, 0.2) is 5.78 Å². The first kappa shape index (κ1) is 19.3. The fourth-order valence-corrected chi connectivity index (χ4v) is 2.35. The van der Waals surface area contributed by atoms with Crippen molar-refractivity contribution in [3.63, 3.8) is 0 Å². The lowest BCUT2D eigenvalue weighted by Crippen LogP contribution is -2.51. The normalized spacial score (nSPS) is 16.1. The molecule has 0 aliphatic rings. The number of rotatable bonds is 6. The Bertz CT molecular complexity index is 345. The average Bonchev–Trinajstić information content (AvgIpc) is 2.21. The van der Waals surface area contributed by atoms with Crippen molar-refractivity contribution < 1.29 is 9.59 Å². The van der Waals surface area contributed by atoms with Crippen LogP contribution in [0.5, 0.6) is 0 Å². The molecule has 0 rings (SSSR count). The number of carbonyl (C=O) groups is 2. The quantitative estimate of drug-likeness (QED) is 0.810. The Morgan fingerprint density at radius 3 is 1.70 bits per heavy atom. The predicted octanol–water partition coefficient (Wildman–Crippen LogP) is 3.61. The van der Waals surface area contributed by atoms with Crippen LogP contribution in [0.4, 0.5) is 0 Å². The van der Waals surface area contributed by atoms with Gasteiger partial charge in [-0.3, -0.25) is 9.59 Å². The van der Waals surface area contributed by atoms with E-state index in [4.69, 9.17) is 0 Å². The third-order valence-corrected chi connectivity index (χ3v) is 3.30. The van der Waals surface area contributed by atoms with Crippen LogP contribution in [0.3, 0.4) is 0 Å². The van der Waals surface area contributed by atoms with Crippen LogP contribution in [0.1, 0.15) is 68.7 Å². The summed E-state index contributed by atoms with van der Waals surface area (Å²) >= 11 is 0. The number of nitrogens with one attached hydrogen (secondary N) is 1. The topological polar surface area (TPSA) is 46.2 Å². The largest absolute Gasteiger partial charge is 0.303 e. The van der Waals surface area contributed by atoms with Crippen molar-refractivity contribution in [2.45, 2.75) is 80.3 Å². The molecule has 0 aromatic heterocycles. The molecule has 1 N–H and O–H groups in total. The van der Waals surface area contributed by atoms with Gasteiger partial charge in [0.2, 0.25) is 0 Å². The Hall–Kier alpha value is -0.700. The lowest BCUT2D eigenvalue weighted by molar-refractivity contribution is -0.133. The summed E-state index contributed by atoms with van der Waals surface area (Å²) < 4.78 is 0. The first-order valence-corrected chi connectivity index (χ1v) is 7.60. The highest BCUT2D eigenvalue weighted by Gasteiger charge is 2.32. The van der Waals surface area contributed by atoms with Gasteiger partial charge in [-0.2, -0.15) is 0 Å². The monoisotopic (exact) mass is 283 g/mol. The van der Waals surface area contributed by atoms with Crippen molar-refractivity contribution in [2.24, 2.45) is 17.3 Å². The van der Waals surface area contributed by atoms with Gasteiger partial charge in [-0.05, 0) is 26.7 Å². The zero-order valence-corrected chi connectivity index (χ0v) is 14.8. The van der Waals surface area contributed by atoms with Crippen LogP contribution < -0.4 is 5.32 Å². The van der Waals surface area contributed by atoms with Crippen LogP contribution in [0.2, 0.25) is 0 Å². The molecular weight excluding hydrogens is 250 g/mol. The highest BCUT2D eigenvalue weighted by Crippen LogP contribution is 2.23. The van der Waals surface area contributed by atoms with E-state index >= 15 is 0 Å². The molecule has 0 spiro atoms. The molecule has 2 atom stereocenters. The molecule has 0 heterocycles. The van der Waals surface area contributed by atoms with Crippen molar-refractivity contribution in [1.29, 1.82) is 0 Å². The molecule has 0 amide bonds. The Kier molecular flexibility index (Phi) is 6.60. The van der Waals surface area contributed by atoms with Crippen molar-refractivity contribution in [3.05, 3.63) is 0 Å². The minimum Gasteiger partial charge on any atom is -0.303 e. The van der Waals surface area contributed by atoms with Gasteiger partial charge in [0.25, 0.3) is 0 Å². The van der Waals surface area contributed by atoms with E-state index in [1.807, 2.05) is 41.5 Å². The Morgan fingerprint density at radius 1 is 0.950 bits per heavy atom. The minimum atomic E-state index is -0.384. The molecule has 0 aromatic rings. The molecule has 118 valence electrons. The molecular formula is C17H33NO2. The summed E-state index contributed by atoms with van der Waals surface area (Å²) in [7, 11) is 0. The van der Waals surface area contributed by atoms with E-state index in [0.29, 0.717) is 6.42 Å². The van der Waals surface area contributed by atoms with E-state index in [1.54, 1.807) is 0 Å². The molecule has 3 heteroatoms. The van der Waals surface area contributed by atoms with Gasteiger partial charge in [0.1, 0.15) is 5.78 Å². The Morgan fingerprint density at radius 2 is 1.40 bits per heavy atom. The summed E-state index contributed by atoms with van der Waals surface area (Å²) in [6.07, 6.45) is 0.321. The minimum absolute atomic E-state index is 0.109. The molecule has 0 aliphatic carbocycles. The van der Waals surface area contributed by atoms with E-state index in [2.05, 4.69) is 26.1 Å². The summed E-state index contributed by atoms with van der Waals surface area (Å²) in [5.41, 5.74) is -0.494. The van der Waals surface area contributed by atoms with Gasteiger partial charge in [0, 0.05) is 23.3 Å². The second-order valence-corrected chi connectivity index (χ2v) is 8.30. The first-order chi connectivity index (χ1) is 8.75. The van der Waals surface area contributed by atoms with Gasteiger partial charge in [-0.1, -0.05) is 41.5 Å². The fraction of sp³-hybridized carbons (Fsp3) is 0.882. The molecule has 0 bridgehead atoms. The summed E-state index contributed by atoms with van der Waals surface area (Å²) in [4.78, 5) is 24.7. The zero-order chi connectivity index (χ0) is 16.3. The van der Waals surface area contributed by atoms with Crippen LogP contribution in [0.15, 0.2) is 0 Å². The highest BCUT2D eigenvalue weighted by molar-refractivity contribution is 5.92. The van der Waals surface area contributed by atoms with Crippen LogP contribution in [-0.4, -0.2) is 23.1 Å². The number of hydrogen-bond acceptors (Lipinski definition) is 3. The number of ketones is 2. The summed E-state index contributed by atoms with van der Waals surface area (Å²) in [5, 5.41) is 3.38. The van der Waals surface area contributed by atoms with Gasteiger partial charge in [-0.25, -0.2) is 0 Å². The molecule has 0 aliphatic heterocycles. The molecule has 0 fully saturated rings. The van der Waals surface area contributed by atoms with Crippen LogP contribution >= 0.6 is 0 Å². The van der Waals surface area contributed by atoms with Gasteiger partial charge >= 0.3 is 0 Å². The molecule has 0 aromatic carbocycles. The van der Waals surface area contributed by atoms with Gasteiger partial charge in [-0.15, -0.1) is 0 Å². The van der Waals surface area contributed by atoms with Crippen molar-refractivity contribution in [2.75, 3.05) is 0 Å². The number of hydrogen-bond donors (Lipinski definition) is 1. The second kappa shape index (κ2) is 6.84. The maximum absolute atomic E-state index is 12.5. The third kappa shape index (κ3) is 6.65. The molecule has 0 unspecified atom stereocenters. The lowest BCUT2D eigenvalue weighted by atomic mass is 9.80.